The lowest BCUT2D eigenvalue weighted by Crippen LogP contribution is -2.54. The van der Waals surface area contributed by atoms with Crippen molar-refractivity contribution < 1.29 is 9.59 Å². The van der Waals surface area contributed by atoms with Crippen LogP contribution in [0.5, 0.6) is 0 Å². The lowest BCUT2D eigenvalue weighted by atomic mass is 9.67. The summed E-state index contributed by atoms with van der Waals surface area (Å²) in [6, 6.07) is 0.593. The van der Waals surface area contributed by atoms with Gasteiger partial charge in [0.15, 0.2) is 0 Å². The van der Waals surface area contributed by atoms with Gasteiger partial charge in [0.1, 0.15) is 0 Å². The number of nitrogens with two attached hydrogens (primary N) is 1. The molecule has 2 aliphatic carbocycles. The number of rotatable bonds is 2. The van der Waals surface area contributed by atoms with E-state index in [1.165, 1.54) is 19.3 Å². The van der Waals surface area contributed by atoms with Crippen LogP contribution in [0.4, 0.5) is 0 Å². The molecule has 3 aliphatic rings. The van der Waals surface area contributed by atoms with E-state index in [1.807, 2.05) is 0 Å². The zero-order valence-corrected chi connectivity index (χ0v) is 11.2. The second-order valence-electron chi connectivity index (χ2n) is 6.42. The summed E-state index contributed by atoms with van der Waals surface area (Å²) in [6.07, 6.45) is 6.02. The lowest BCUT2D eigenvalue weighted by Gasteiger charge is -2.45. The number of carbonyl (C=O) groups is 2. The van der Waals surface area contributed by atoms with Gasteiger partial charge >= 0.3 is 0 Å². The first kappa shape index (κ1) is 12.9. The van der Waals surface area contributed by atoms with Crippen molar-refractivity contribution in [2.75, 3.05) is 6.54 Å². The van der Waals surface area contributed by atoms with Crippen molar-refractivity contribution in [3.8, 4) is 0 Å². The molecule has 1 heterocycles. The Balaban J connectivity index is 1.62. The molecule has 2 bridgehead atoms. The first-order chi connectivity index (χ1) is 9.13. The monoisotopic (exact) mass is 265 g/mol. The van der Waals surface area contributed by atoms with E-state index < -0.39 is 0 Å². The summed E-state index contributed by atoms with van der Waals surface area (Å²) < 4.78 is 0. The van der Waals surface area contributed by atoms with E-state index in [9.17, 15) is 9.59 Å². The third kappa shape index (κ3) is 2.61. The zero-order valence-electron chi connectivity index (χ0n) is 11.2. The lowest BCUT2D eigenvalue weighted by molar-refractivity contribution is -0.128. The van der Waals surface area contributed by atoms with Crippen molar-refractivity contribution in [1.29, 1.82) is 0 Å². The summed E-state index contributed by atoms with van der Waals surface area (Å²) >= 11 is 0. The van der Waals surface area contributed by atoms with Crippen LogP contribution in [0.3, 0.4) is 0 Å². The van der Waals surface area contributed by atoms with E-state index in [1.54, 1.807) is 0 Å². The van der Waals surface area contributed by atoms with Gasteiger partial charge in [-0.25, -0.2) is 0 Å². The van der Waals surface area contributed by atoms with E-state index in [-0.39, 0.29) is 23.8 Å². The van der Waals surface area contributed by atoms with Crippen molar-refractivity contribution >= 4 is 11.8 Å². The topological polar surface area (TPSA) is 84.2 Å². The molecule has 106 valence electrons. The molecule has 2 amide bonds. The zero-order chi connectivity index (χ0) is 13.4. The molecule has 3 fully saturated rings. The summed E-state index contributed by atoms with van der Waals surface area (Å²) in [4.78, 5) is 23.4. The summed E-state index contributed by atoms with van der Waals surface area (Å²) in [5, 5.41) is 5.94. The van der Waals surface area contributed by atoms with E-state index in [4.69, 9.17) is 5.73 Å². The summed E-state index contributed by atoms with van der Waals surface area (Å²) in [7, 11) is 0. The predicted molar refractivity (Wildman–Crippen MR) is 71.1 cm³/mol. The molecular formula is C14H23N3O2. The van der Waals surface area contributed by atoms with Gasteiger partial charge in [-0.15, -0.1) is 0 Å². The Morgan fingerprint density at radius 1 is 1.26 bits per heavy atom. The minimum absolute atomic E-state index is 0.00832. The molecule has 3 atom stereocenters. The largest absolute Gasteiger partial charge is 0.355 e. The highest BCUT2D eigenvalue weighted by molar-refractivity contribution is 5.89. The molecule has 0 spiro atoms. The number of carbonyl (C=O) groups excluding carboxylic acids is 2. The number of amides is 2. The number of hydrogen-bond donors (Lipinski definition) is 3. The van der Waals surface area contributed by atoms with Gasteiger partial charge in [-0.3, -0.25) is 9.59 Å². The van der Waals surface area contributed by atoms with Crippen LogP contribution in [0.2, 0.25) is 0 Å². The molecule has 0 radical (unpaired) electrons. The fourth-order valence-electron chi connectivity index (χ4n) is 4.10. The molecule has 2 saturated carbocycles. The fourth-order valence-corrected chi connectivity index (χ4v) is 4.10. The summed E-state index contributed by atoms with van der Waals surface area (Å²) in [6.45, 7) is 0.492. The minimum atomic E-state index is -0.177. The molecule has 1 aliphatic heterocycles. The Morgan fingerprint density at radius 3 is 2.53 bits per heavy atom. The van der Waals surface area contributed by atoms with Crippen LogP contribution in [0.25, 0.3) is 0 Å². The molecule has 5 nitrogen and oxygen atoms in total. The van der Waals surface area contributed by atoms with Crippen LogP contribution in [0.1, 0.15) is 38.5 Å². The van der Waals surface area contributed by atoms with Crippen LogP contribution >= 0.6 is 0 Å². The first-order valence-electron chi connectivity index (χ1n) is 7.46. The molecule has 3 unspecified atom stereocenters. The first-order valence-corrected chi connectivity index (χ1v) is 7.46. The van der Waals surface area contributed by atoms with Crippen molar-refractivity contribution in [1.82, 2.24) is 10.6 Å². The van der Waals surface area contributed by atoms with Crippen molar-refractivity contribution in [2.24, 2.45) is 23.5 Å². The van der Waals surface area contributed by atoms with E-state index in [0.717, 1.165) is 12.8 Å². The van der Waals surface area contributed by atoms with Crippen LogP contribution in [-0.2, 0) is 9.59 Å². The van der Waals surface area contributed by atoms with Crippen molar-refractivity contribution in [2.45, 2.75) is 50.6 Å². The van der Waals surface area contributed by atoms with Gasteiger partial charge in [0.05, 0.1) is 5.92 Å². The summed E-state index contributed by atoms with van der Waals surface area (Å²) in [5.41, 5.74) is 6.09. The standard InChI is InChI=1S/C14H23N3O2/c15-11-4-8-2-1-3-9(5-11)13(8)17-14(19)10-6-12(18)16-7-10/h8-11,13H,1-7,15H2,(H,16,18)(H,17,19). The third-order valence-electron chi connectivity index (χ3n) is 5.03. The quantitative estimate of drug-likeness (QED) is 0.664. The molecule has 0 aromatic rings. The van der Waals surface area contributed by atoms with Crippen LogP contribution in [0.15, 0.2) is 0 Å². The Kier molecular flexibility index (Phi) is 3.48. The maximum Gasteiger partial charge on any atom is 0.225 e. The van der Waals surface area contributed by atoms with Gasteiger partial charge in [0.2, 0.25) is 11.8 Å². The third-order valence-corrected chi connectivity index (χ3v) is 5.03. The molecular weight excluding hydrogens is 242 g/mol. The van der Waals surface area contributed by atoms with E-state index in [0.29, 0.717) is 30.8 Å². The van der Waals surface area contributed by atoms with Crippen LogP contribution in [0, 0.1) is 17.8 Å². The molecule has 0 aromatic heterocycles. The molecule has 3 rings (SSSR count). The normalized spacial score (nSPS) is 41.7. The highest BCUT2D eigenvalue weighted by Gasteiger charge is 2.41. The molecule has 1 saturated heterocycles. The van der Waals surface area contributed by atoms with Crippen molar-refractivity contribution in [3.05, 3.63) is 0 Å². The SMILES string of the molecule is NC1CC2CCCC(C1)C2NC(=O)C1CNC(=O)C1. The smallest absolute Gasteiger partial charge is 0.225 e. The van der Waals surface area contributed by atoms with Gasteiger partial charge in [-0.1, -0.05) is 6.42 Å². The maximum atomic E-state index is 12.2. The Bertz CT molecular complexity index is 371. The maximum absolute atomic E-state index is 12.2. The van der Waals surface area contributed by atoms with Gasteiger partial charge in [0.25, 0.3) is 0 Å². The predicted octanol–water partition coefficient (Wildman–Crippen LogP) is 0.145. The van der Waals surface area contributed by atoms with E-state index >= 15 is 0 Å². The van der Waals surface area contributed by atoms with Crippen LogP contribution in [-0.4, -0.2) is 30.4 Å². The van der Waals surface area contributed by atoms with Crippen LogP contribution < -0.4 is 16.4 Å². The number of nitrogens with one attached hydrogen (secondary N) is 2. The second-order valence-corrected chi connectivity index (χ2v) is 6.42. The Labute approximate surface area is 113 Å². The Morgan fingerprint density at radius 2 is 1.95 bits per heavy atom. The minimum Gasteiger partial charge on any atom is -0.355 e. The number of hydrogen-bond acceptors (Lipinski definition) is 3. The Hall–Kier alpha value is -1.10. The highest BCUT2D eigenvalue weighted by atomic mass is 16.2. The average molecular weight is 265 g/mol. The van der Waals surface area contributed by atoms with Gasteiger partial charge in [0, 0.05) is 25.0 Å². The van der Waals surface area contributed by atoms with Gasteiger partial charge in [-0.2, -0.15) is 0 Å². The molecule has 19 heavy (non-hydrogen) atoms. The highest BCUT2D eigenvalue weighted by Crippen LogP contribution is 2.39. The summed E-state index contributed by atoms with van der Waals surface area (Å²) in [5.74, 6) is 0.943. The fraction of sp³-hybridized carbons (Fsp3) is 0.857. The molecule has 4 N–H and O–H groups in total. The number of fused-ring (bicyclic) bond motifs is 2. The van der Waals surface area contributed by atoms with Gasteiger partial charge < -0.3 is 16.4 Å². The molecule has 0 aromatic carbocycles. The average Bonchev–Trinajstić information content (AvgIpc) is 2.77. The van der Waals surface area contributed by atoms with Gasteiger partial charge in [-0.05, 0) is 37.5 Å². The van der Waals surface area contributed by atoms with Crippen molar-refractivity contribution in [3.63, 3.8) is 0 Å². The molecule has 5 heteroatoms. The van der Waals surface area contributed by atoms with E-state index in [2.05, 4.69) is 10.6 Å². The second kappa shape index (κ2) is 5.12.